The molecule has 2 rings (SSSR count). The second kappa shape index (κ2) is 5.51. The predicted octanol–water partition coefficient (Wildman–Crippen LogP) is 3.95. The van der Waals surface area contributed by atoms with E-state index in [9.17, 15) is 13.2 Å². The normalized spacial score (nSPS) is 11.2. The molecule has 7 heteroatoms. The van der Waals surface area contributed by atoms with Gasteiger partial charge in [0.15, 0.2) is 0 Å². The molecule has 0 bridgehead atoms. The zero-order valence-electron chi connectivity index (χ0n) is 10.5. The molecule has 1 aromatic carbocycles. The van der Waals surface area contributed by atoms with Crippen LogP contribution >= 0.6 is 11.3 Å². The van der Waals surface area contributed by atoms with E-state index in [4.69, 9.17) is 5.26 Å². The van der Waals surface area contributed by atoms with Crippen molar-refractivity contribution in [3.8, 4) is 6.07 Å². The van der Waals surface area contributed by atoms with Crippen molar-refractivity contribution in [2.24, 2.45) is 0 Å². The first-order chi connectivity index (χ1) is 9.40. The first-order valence-corrected chi connectivity index (χ1v) is 6.48. The van der Waals surface area contributed by atoms with E-state index in [0.29, 0.717) is 12.2 Å². The Kier molecular flexibility index (Phi) is 3.95. The Morgan fingerprint density at radius 1 is 1.40 bits per heavy atom. The molecule has 1 N–H and O–H groups in total. The van der Waals surface area contributed by atoms with Gasteiger partial charge >= 0.3 is 6.18 Å². The summed E-state index contributed by atoms with van der Waals surface area (Å²) in [5.41, 5.74) is -0.494. The van der Waals surface area contributed by atoms with Crippen LogP contribution in [0.4, 0.5) is 18.9 Å². The Morgan fingerprint density at radius 3 is 2.70 bits per heavy atom. The van der Waals surface area contributed by atoms with Crippen molar-refractivity contribution in [3.63, 3.8) is 0 Å². The zero-order valence-corrected chi connectivity index (χ0v) is 11.3. The van der Waals surface area contributed by atoms with Crippen LogP contribution in [0.15, 0.2) is 24.4 Å². The van der Waals surface area contributed by atoms with Crippen molar-refractivity contribution >= 4 is 17.0 Å². The highest BCUT2D eigenvalue weighted by atomic mass is 32.1. The van der Waals surface area contributed by atoms with Crippen LogP contribution in [0.5, 0.6) is 0 Å². The van der Waals surface area contributed by atoms with E-state index < -0.39 is 11.7 Å². The minimum atomic E-state index is -4.45. The lowest BCUT2D eigenvalue weighted by molar-refractivity contribution is -0.137. The minimum absolute atomic E-state index is 0.0342. The first kappa shape index (κ1) is 14.3. The maximum absolute atomic E-state index is 12.6. The lowest BCUT2D eigenvalue weighted by Crippen LogP contribution is -2.07. The van der Waals surface area contributed by atoms with Gasteiger partial charge in [-0.05, 0) is 25.1 Å². The fourth-order valence-corrected chi connectivity index (χ4v) is 2.35. The van der Waals surface area contributed by atoms with Gasteiger partial charge in [-0.3, -0.25) is 0 Å². The van der Waals surface area contributed by atoms with E-state index in [1.54, 1.807) is 12.3 Å². The molecule has 0 fully saturated rings. The number of aryl methyl sites for hydroxylation is 1. The number of alkyl halides is 3. The number of hydrogen-bond donors (Lipinski definition) is 1. The molecular formula is C13H10F3N3S. The van der Waals surface area contributed by atoms with Gasteiger partial charge in [-0.1, -0.05) is 0 Å². The molecule has 0 amide bonds. The van der Waals surface area contributed by atoms with Gasteiger partial charge < -0.3 is 5.32 Å². The fraction of sp³-hybridized carbons (Fsp3) is 0.231. The molecule has 0 spiro atoms. The summed E-state index contributed by atoms with van der Waals surface area (Å²) >= 11 is 1.49. The summed E-state index contributed by atoms with van der Waals surface area (Å²) in [5.74, 6) is 0. The molecule has 1 heterocycles. The van der Waals surface area contributed by atoms with Crippen molar-refractivity contribution in [2.75, 3.05) is 5.32 Å². The Morgan fingerprint density at radius 2 is 2.15 bits per heavy atom. The van der Waals surface area contributed by atoms with E-state index in [1.165, 1.54) is 17.4 Å². The van der Waals surface area contributed by atoms with Crippen molar-refractivity contribution in [2.45, 2.75) is 19.6 Å². The topological polar surface area (TPSA) is 48.7 Å². The number of halogens is 3. The maximum Gasteiger partial charge on any atom is 0.416 e. The number of nitriles is 1. The molecule has 1 aromatic heterocycles. The highest BCUT2D eigenvalue weighted by molar-refractivity contribution is 7.11. The lowest BCUT2D eigenvalue weighted by Gasteiger charge is -2.10. The van der Waals surface area contributed by atoms with E-state index >= 15 is 0 Å². The van der Waals surface area contributed by atoms with Gasteiger partial charge in [-0.15, -0.1) is 11.3 Å². The second-order valence-electron chi connectivity index (χ2n) is 4.09. The smallest absolute Gasteiger partial charge is 0.377 e. The average Bonchev–Trinajstić information content (AvgIpc) is 2.81. The number of nitrogens with zero attached hydrogens (tertiary/aromatic N) is 2. The molecule has 3 nitrogen and oxygen atoms in total. The van der Waals surface area contributed by atoms with Crippen LogP contribution in [0.25, 0.3) is 0 Å². The maximum atomic E-state index is 12.6. The van der Waals surface area contributed by atoms with Gasteiger partial charge in [0.25, 0.3) is 0 Å². The Bertz CT molecular complexity index is 656. The molecule has 20 heavy (non-hydrogen) atoms. The Labute approximate surface area is 117 Å². The molecule has 0 saturated carbocycles. The van der Waals surface area contributed by atoms with Crippen LogP contribution in [-0.4, -0.2) is 4.98 Å². The molecule has 2 aromatic rings. The molecule has 104 valence electrons. The summed E-state index contributed by atoms with van der Waals surface area (Å²) in [6, 6.07) is 4.83. The highest BCUT2D eigenvalue weighted by Gasteiger charge is 2.31. The third-order valence-electron chi connectivity index (χ3n) is 2.57. The molecular weight excluding hydrogens is 287 g/mol. The molecule has 0 saturated heterocycles. The van der Waals surface area contributed by atoms with Crippen LogP contribution in [-0.2, 0) is 12.7 Å². The zero-order chi connectivity index (χ0) is 14.8. The molecule has 0 aliphatic heterocycles. The Balaban J connectivity index is 2.18. The lowest BCUT2D eigenvalue weighted by atomic mass is 10.1. The number of nitrogens with one attached hydrogen (secondary N) is 1. The van der Waals surface area contributed by atoms with Crippen molar-refractivity contribution in [3.05, 3.63) is 45.4 Å². The molecule has 0 aliphatic rings. The largest absolute Gasteiger partial charge is 0.416 e. The number of benzene rings is 1. The Hall–Kier alpha value is -2.07. The van der Waals surface area contributed by atoms with Crippen molar-refractivity contribution in [1.29, 1.82) is 5.26 Å². The number of hydrogen-bond acceptors (Lipinski definition) is 4. The van der Waals surface area contributed by atoms with Crippen LogP contribution < -0.4 is 5.32 Å². The third-order valence-corrected chi connectivity index (χ3v) is 3.48. The van der Waals surface area contributed by atoms with Crippen molar-refractivity contribution < 1.29 is 13.2 Å². The van der Waals surface area contributed by atoms with E-state index in [-0.39, 0.29) is 5.56 Å². The van der Waals surface area contributed by atoms with E-state index in [1.807, 2.05) is 6.92 Å². The summed E-state index contributed by atoms with van der Waals surface area (Å²) in [6.45, 7) is 2.29. The number of thiazole rings is 1. The van der Waals surface area contributed by atoms with Gasteiger partial charge in [0.05, 0.1) is 23.4 Å². The first-order valence-electron chi connectivity index (χ1n) is 5.66. The van der Waals surface area contributed by atoms with Gasteiger partial charge in [0.1, 0.15) is 11.1 Å². The van der Waals surface area contributed by atoms with Crippen molar-refractivity contribution in [1.82, 2.24) is 4.98 Å². The number of aromatic nitrogens is 1. The van der Waals surface area contributed by atoms with Crippen LogP contribution in [0.2, 0.25) is 0 Å². The predicted molar refractivity (Wildman–Crippen MR) is 70.3 cm³/mol. The quantitative estimate of drug-likeness (QED) is 0.933. The summed E-state index contributed by atoms with van der Waals surface area (Å²) in [7, 11) is 0. The van der Waals surface area contributed by atoms with Gasteiger partial charge in [-0.2, -0.15) is 18.4 Å². The number of anilines is 1. The monoisotopic (exact) mass is 297 g/mol. The molecule has 0 aliphatic carbocycles. The molecule has 0 atom stereocenters. The minimum Gasteiger partial charge on any atom is -0.377 e. The van der Waals surface area contributed by atoms with Crippen LogP contribution in [0.1, 0.15) is 21.0 Å². The van der Waals surface area contributed by atoms with Crippen LogP contribution in [0, 0.1) is 18.3 Å². The molecule has 0 unspecified atom stereocenters. The highest BCUT2D eigenvalue weighted by Crippen LogP contribution is 2.31. The van der Waals surface area contributed by atoms with E-state index in [0.717, 1.165) is 22.0 Å². The summed E-state index contributed by atoms with van der Waals surface area (Å²) in [6.07, 6.45) is -2.73. The summed E-state index contributed by atoms with van der Waals surface area (Å²) in [5, 5.41) is 12.7. The summed E-state index contributed by atoms with van der Waals surface area (Å²) < 4.78 is 37.7. The van der Waals surface area contributed by atoms with Gasteiger partial charge in [0.2, 0.25) is 0 Å². The average molecular weight is 297 g/mol. The molecule has 0 radical (unpaired) electrons. The van der Waals surface area contributed by atoms with E-state index in [2.05, 4.69) is 10.3 Å². The SMILES string of the molecule is Cc1cnc(CNc2ccc(C(F)(F)F)cc2C#N)s1. The van der Waals surface area contributed by atoms with Gasteiger partial charge in [-0.25, -0.2) is 4.98 Å². The standard InChI is InChI=1S/C13H10F3N3S/c1-8-6-19-12(20-8)7-18-11-3-2-10(13(14,15)16)4-9(11)5-17/h2-4,6,18H,7H2,1H3. The summed E-state index contributed by atoms with van der Waals surface area (Å²) in [4.78, 5) is 5.19. The second-order valence-corrected chi connectivity index (χ2v) is 5.41. The fourth-order valence-electron chi connectivity index (χ4n) is 1.62. The van der Waals surface area contributed by atoms with Crippen LogP contribution in [0.3, 0.4) is 0 Å². The third kappa shape index (κ3) is 3.27. The van der Waals surface area contributed by atoms with Gasteiger partial charge in [0, 0.05) is 11.1 Å². The number of rotatable bonds is 3.